The van der Waals surface area contributed by atoms with E-state index in [-0.39, 0.29) is 27.7 Å². The number of carbonyl (C=O) groups is 3. The molecule has 0 aliphatic carbocycles. The maximum absolute atomic E-state index is 14.3. The number of hydrogen-bond donors (Lipinski definition) is 3. The van der Waals surface area contributed by atoms with Gasteiger partial charge in [-0.15, -0.1) is 0 Å². The zero-order valence-corrected chi connectivity index (χ0v) is 23.5. The minimum atomic E-state index is -1.19. The molecule has 0 bridgehead atoms. The predicted octanol–water partition coefficient (Wildman–Crippen LogP) is 3.54. The number of rotatable bonds is 10. The van der Waals surface area contributed by atoms with Crippen molar-refractivity contribution >= 4 is 40.6 Å². The van der Waals surface area contributed by atoms with Crippen molar-refractivity contribution in [2.45, 2.75) is 39.3 Å². The Morgan fingerprint density at radius 1 is 1.05 bits per heavy atom. The maximum atomic E-state index is 14.3. The van der Waals surface area contributed by atoms with Crippen molar-refractivity contribution in [1.82, 2.24) is 9.69 Å². The van der Waals surface area contributed by atoms with Gasteiger partial charge >= 0.3 is 0 Å². The highest BCUT2D eigenvalue weighted by Gasteiger charge is 2.38. The van der Waals surface area contributed by atoms with Crippen LogP contribution in [0.2, 0.25) is 0 Å². The minimum Gasteiger partial charge on any atom is -0.497 e. The van der Waals surface area contributed by atoms with Crippen LogP contribution >= 0.6 is 11.5 Å². The van der Waals surface area contributed by atoms with Crippen molar-refractivity contribution in [3.63, 3.8) is 0 Å². The normalized spacial score (nSPS) is 11.8. The molecule has 3 rings (SSSR count). The van der Waals surface area contributed by atoms with Crippen LogP contribution in [-0.4, -0.2) is 48.5 Å². The van der Waals surface area contributed by atoms with Gasteiger partial charge in [0.2, 0.25) is 5.91 Å². The van der Waals surface area contributed by atoms with E-state index in [0.717, 1.165) is 11.5 Å². The first-order valence-corrected chi connectivity index (χ1v) is 12.8. The summed E-state index contributed by atoms with van der Waals surface area (Å²) in [5, 5.41) is 2.96. The Kier molecular flexibility index (Phi) is 9.02. The number of methoxy groups -OCH3 is 2. The van der Waals surface area contributed by atoms with E-state index in [9.17, 15) is 14.4 Å². The first-order chi connectivity index (χ1) is 18.4. The lowest BCUT2D eigenvalue weighted by molar-refractivity contribution is -0.123. The van der Waals surface area contributed by atoms with Crippen molar-refractivity contribution in [3.8, 4) is 17.2 Å². The van der Waals surface area contributed by atoms with Crippen LogP contribution in [0.15, 0.2) is 42.5 Å². The quantitative estimate of drug-likeness (QED) is 0.343. The largest absolute Gasteiger partial charge is 0.497 e. The van der Waals surface area contributed by atoms with Crippen LogP contribution in [0.1, 0.15) is 59.5 Å². The van der Waals surface area contributed by atoms with Crippen LogP contribution in [0.25, 0.3) is 0 Å². The third-order valence-electron chi connectivity index (χ3n) is 5.53. The smallest absolute Gasteiger partial charge is 0.273 e. The predicted molar refractivity (Wildman–Crippen MR) is 150 cm³/mol. The topological polar surface area (TPSA) is 159 Å². The molecule has 11 nitrogen and oxygen atoms in total. The fourth-order valence-electron chi connectivity index (χ4n) is 3.86. The summed E-state index contributed by atoms with van der Waals surface area (Å²) < 4.78 is 20.5. The van der Waals surface area contributed by atoms with Crippen LogP contribution in [0.4, 0.5) is 11.4 Å². The highest BCUT2D eigenvalue weighted by Crippen LogP contribution is 2.40. The second-order valence-corrected chi connectivity index (χ2v) is 10.3. The molecule has 0 saturated carbocycles. The summed E-state index contributed by atoms with van der Waals surface area (Å²) in [4.78, 5) is 41.2. The van der Waals surface area contributed by atoms with Gasteiger partial charge in [0.05, 0.1) is 32.2 Å². The van der Waals surface area contributed by atoms with Crippen molar-refractivity contribution in [1.29, 1.82) is 0 Å². The number of amides is 3. The Balaban J connectivity index is 2.30. The molecule has 2 aromatic carbocycles. The highest BCUT2D eigenvalue weighted by molar-refractivity contribution is 7.09. The zero-order valence-electron chi connectivity index (χ0n) is 22.7. The van der Waals surface area contributed by atoms with Gasteiger partial charge in [0.1, 0.15) is 28.2 Å². The second-order valence-electron chi connectivity index (χ2n) is 9.50. The van der Waals surface area contributed by atoms with Crippen LogP contribution in [-0.2, 0) is 4.79 Å². The lowest BCUT2D eigenvalue weighted by atomic mass is 10.00. The molecular weight excluding hydrogens is 522 g/mol. The monoisotopic (exact) mass is 555 g/mol. The number of benzene rings is 2. The van der Waals surface area contributed by atoms with E-state index in [1.807, 2.05) is 27.7 Å². The first kappa shape index (κ1) is 29.2. The van der Waals surface area contributed by atoms with Crippen molar-refractivity contribution < 1.29 is 28.6 Å². The molecule has 0 spiro atoms. The van der Waals surface area contributed by atoms with Gasteiger partial charge < -0.3 is 31.0 Å². The lowest BCUT2D eigenvalue weighted by Gasteiger charge is -2.34. The maximum Gasteiger partial charge on any atom is 0.273 e. The van der Waals surface area contributed by atoms with Gasteiger partial charge in [0.25, 0.3) is 11.8 Å². The molecule has 0 radical (unpaired) electrons. The molecule has 1 aromatic heterocycles. The second kappa shape index (κ2) is 12.0. The van der Waals surface area contributed by atoms with Gasteiger partial charge in [-0.2, -0.15) is 4.37 Å². The van der Waals surface area contributed by atoms with Gasteiger partial charge in [-0.1, -0.05) is 12.1 Å². The third kappa shape index (κ3) is 6.58. The van der Waals surface area contributed by atoms with E-state index in [1.54, 1.807) is 42.5 Å². The standard InChI is InChI=1S/C27H33N5O6S/c1-7-38-16-10-8-15(9-11-16)22(25(34)30-27(2,3)4)32(18-13-12-17(36-5)14-19(18)37-6)26(35)23-20(28)21(24(29)33)31-39-23/h8-14,22H,7,28H2,1-6H3,(H2,29,33)(H,30,34). The molecule has 3 amide bonds. The number of nitrogen functional groups attached to an aromatic ring is 1. The van der Waals surface area contributed by atoms with Crippen LogP contribution in [0, 0.1) is 0 Å². The lowest BCUT2D eigenvalue weighted by Crippen LogP contribution is -2.49. The van der Waals surface area contributed by atoms with E-state index < -0.39 is 29.3 Å². The SMILES string of the molecule is CCOc1ccc(C(C(=O)NC(C)(C)C)N(C(=O)c2snc(C(N)=O)c2N)c2ccc(OC)cc2OC)cc1. The molecule has 12 heteroatoms. The summed E-state index contributed by atoms with van der Waals surface area (Å²) in [7, 11) is 2.94. The summed E-state index contributed by atoms with van der Waals surface area (Å²) in [6.07, 6.45) is 0. The van der Waals surface area contributed by atoms with Gasteiger partial charge in [-0.25, -0.2) is 0 Å². The third-order valence-corrected chi connectivity index (χ3v) is 6.38. The molecule has 39 heavy (non-hydrogen) atoms. The van der Waals surface area contributed by atoms with Gasteiger partial charge in [0.15, 0.2) is 5.69 Å². The van der Waals surface area contributed by atoms with Gasteiger partial charge in [0, 0.05) is 11.6 Å². The number of anilines is 2. The average molecular weight is 556 g/mol. The summed E-state index contributed by atoms with van der Waals surface area (Å²) in [5.41, 5.74) is 11.3. The van der Waals surface area contributed by atoms with Gasteiger partial charge in [-0.05, 0) is 69.1 Å². The number of hydrogen-bond acceptors (Lipinski definition) is 9. The molecule has 0 fully saturated rings. The van der Waals surface area contributed by atoms with Gasteiger partial charge in [-0.3, -0.25) is 19.3 Å². The van der Waals surface area contributed by atoms with E-state index in [1.165, 1.54) is 19.1 Å². The van der Waals surface area contributed by atoms with E-state index in [4.69, 9.17) is 25.7 Å². The van der Waals surface area contributed by atoms with Crippen molar-refractivity contribution in [3.05, 3.63) is 58.6 Å². The average Bonchev–Trinajstić information content (AvgIpc) is 3.27. The molecular formula is C27H33N5O6S. The zero-order chi connectivity index (χ0) is 28.9. The Bertz CT molecular complexity index is 1350. The molecule has 0 saturated heterocycles. The summed E-state index contributed by atoms with van der Waals surface area (Å²) >= 11 is 0.719. The summed E-state index contributed by atoms with van der Waals surface area (Å²) in [6.45, 7) is 7.83. The number of ether oxygens (including phenoxy) is 3. The molecule has 3 aromatic rings. The molecule has 0 aliphatic heterocycles. The number of nitrogens with one attached hydrogen (secondary N) is 1. The van der Waals surface area contributed by atoms with Crippen molar-refractivity contribution in [2.75, 3.05) is 31.5 Å². The number of primary amides is 1. The van der Waals surface area contributed by atoms with Crippen molar-refractivity contribution in [2.24, 2.45) is 5.73 Å². The molecule has 0 aliphatic rings. The Labute approximate surface area is 231 Å². The molecule has 5 N–H and O–H groups in total. The van der Waals surface area contributed by atoms with Crippen LogP contribution < -0.4 is 35.9 Å². The fourth-order valence-corrected chi connectivity index (χ4v) is 4.60. The molecule has 1 heterocycles. The van der Waals surface area contributed by atoms with E-state index in [2.05, 4.69) is 9.69 Å². The summed E-state index contributed by atoms with van der Waals surface area (Å²) in [6, 6.07) is 10.5. The van der Waals surface area contributed by atoms with Crippen LogP contribution in [0.5, 0.6) is 17.2 Å². The minimum absolute atomic E-state index is 0.0545. The summed E-state index contributed by atoms with van der Waals surface area (Å²) in [5.74, 6) is -0.660. The number of nitrogens with zero attached hydrogens (tertiary/aromatic N) is 2. The fraction of sp³-hybridized carbons (Fsp3) is 0.333. The number of carbonyl (C=O) groups excluding carboxylic acids is 3. The first-order valence-electron chi connectivity index (χ1n) is 12.1. The molecule has 1 atom stereocenters. The number of nitrogens with two attached hydrogens (primary N) is 2. The molecule has 1 unspecified atom stereocenters. The number of aromatic nitrogens is 1. The van der Waals surface area contributed by atoms with E-state index in [0.29, 0.717) is 23.7 Å². The van der Waals surface area contributed by atoms with E-state index >= 15 is 0 Å². The Morgan fingerprint density at radius 3 is 2.21 bits per heavy atom. The van der Waals surface area contributed by atoms with Crippen LogP contribution in [0.3, 0.4) is 0 Å². The Hall–Kier alpha value is -4.32. The molecule has 208 valence electrons. The Morgan fingerprint density at radius 2 is 1.69 bits per heavy atom. The highest BCUT2D eigenvalue weighted by atomic mass is 32.1.